The number of rotatable bonds is 1. The Morgan fingerprint density at radius 3 is 2.64 bits per heavy atom. The minimum absolute atomic E-state index is 0.100. The van der Waals surface area contributed by atoms with Crippen molar-refractivity contribution in [1.82, 2.24) is 4.57 Å². The molecule has 0 radical (unpaired) electrons. The Kier molecular flexibility index (Phi) is 2.70. The van der Waals surface area contributed by atoms with Crippen molar-refractivity contribution in [2.45, 2.75) is 19.9 Å². The third-order valence-electron chi connectivity index (χ3n) is 1.48. The molecule has 0 saturated heterocycles. The van der Waals surface area contributed by atoms with E-state index in [-0.39, 0.29) is 11.6 Å². The van der Waals surface area contributed by atoms with Crippen LogP contribution in [0.1, 0.15) is 19.9 Å². The molecule has 1 aromatic heterocycles. The lowest BCUT2D eigenvalue weighted by Gasteiger charge is -2.08. The van der Waals surface area contributed by atoms with Crippen LogP contribution in [0.25, 0.3) is 0 Å². The van der Waals surface area contributed by atoms with Gasteiger partial charge in [-0.05, 0) is 48.6 Å². The Balaban J connectivity index is 3.28. The van der Waals surface area contributed by atoms with Crippen LogP contribution in [-0.4, -0.2) is 4.57 Å². The zero-order valence-electron chi connectivity index (χ0n) is 6.54. The van der Waals surface area contributed by atoms with Crippen LogP contribution in [0, 0.1) is 3.57 Å². The van der Waals surface area contributed by atoms with Crippen molar-refractivity contribution in [3.63, 3.8) is 0 Å². The van der Waals surface area contributed by atoms with Gasteiger partial charge in [0.15, 0.2) is 0 Å². The quantitative estimate of drug-likeness (QED) is 0.710. The van der Waals surface area contributed by atoms with Crippen molar-refractivity contribution in [2.75, 3.05) is 0 Å². The largest absolute Gasteiger partial charge is 0.312 e. The highest BCUT2D eigenvalue weighted by molar-refractivity contribution is 14.1. The molecule has 11 heavy (non-hydrogen) atoms. The summed E-state index contributed by atoms with van der Waals surface area (Å²) in [5, 5.41) is 0. The monoisotopic (exact) mass is 263 g/mol. The maximum absolute atomic E-state index is 11.4. The van der Waals surface area contributed by atoms with Gasteiger partial charge in [0, 0.05) is 12.2 Å². The van der Waals surface area contributed by atoms with Gasteiger partial charge in [-0.1, -0.05) is 0 Å². The first kappa shape index (κ1) is 8.77. The number of aromatic nitrogens is 1. The van der Waals surface area contributed by atoms with Gasteiger partial charge >= 0.3 is 0 Å². The lowest BCUT2D eigenvalue weighted by atomic mass is 10.3. The molecule has 1 rings (SSSR count). The molecule has 0 N–H and O–H groups in total. The second-order valence-corrected chi connectivity index (χ2v) is 3.82. The van der Waals surface area contributed by atoms with Crippen molar-refractivity contribution < 1.29 is 0 Å². The van der Waals surface area contributed by atoms with E-state index in [1.807, 2.05) is 54.8 Å². The highest BCUT2D eigenvalue weighted by Crippen LogP contribution is 2.02. The highest BCUT2D eigenvalue weighted by Gasteiger charge is 2.01. The molecule has 60 valence electrons. The normalized spacial score (nSPS) is 10.5. The van der Waals surface area contributed by atoms with Crippen LogP contribution in [0.4, 0.5) is 0 Å². The van der Waals surface area contributed by atoms with Gasteiger partial charge in [-0.25, -0.2) is 0 Å². The predicted octanol–water partition coefficient (Wildman–Crippen LogP) is 2.03. The Hall–Kier alpha value is -0.320. The van der Waals surface area contributed by atoms with E-state index in [4.69, 9.17) is 0 Å². The van der Waals surface area contributed by atoms with Crippen molar-refractivity contribution in [3.05, 3.63) is 32.3 Å². The lowest BCUT2D eigenvalue weighted by molar-refractivity contribution is 0.576. The fourth-order valence-electron chi connectivity index (χ4n) is 0.889. The number of halogens is 1. The molecule has 0 aliphatic rings. The molecule has 2 nitrogen and oxygen atoms in total. The van der Waals surface area contributed by atoms with E-state index >= 15 is 0 Å². The van der Waals surface area contributed by atoms with Crippen LogP contribution >= 0.6 is 22.6 Å². The highest BCUT2D eigenvalue weighted by atomic mass is 127. The summed E-state index contributed by atoms with van der Waals surface area (Å²) < 4.78 is 2.50. The van der Waals surface area contributed by atoms with Gasteiger partial charge in [0.1, 0.15) is 0 Å². The summed E-state index contributed by atoms with van der Waals surface area (Å²) in [6.07, 6.45) is 1.81. The number of hydrogen-bond acceptors (Lipinski definition) is 1. The third-order valence-corrected chi connectivity index (χ3v) is 2.31. The summed E-state index contributed by atoms with van der Waals surface area (Å²) in [4.78, 5) is 11.4. The molecule has 0 bridgehead atoms. The molecule has 0 aliphatic carbocycles. The smallest absolute Gasteiger partial charge is 0.264 e. The van der Waals surface area contributed by atoms with Crippen LogP contribution in [-0.2, 0) is 0 Å². The van der Waals surface area contributed by atoms with Gasteiger partial charge in [-0.15, -0.1) is 0 Å². The Morgan fingerprint density at radius 1 is 1.55 bits per heavy atom. The molecule has 1 heterocycles. The van der Waals surface area contributed by atoms with E-state index in [1.165, 1.54) is 0 Å². The number of hydrogen-bond donors (Lipinski definition) is 0. The molecule has 0 saturated carbocycles. The molecule has 0 atom stereocenters. The average Bonchev–Trinajstić information content (AvgIpc) is 1.94. The average molecular weight is 263 g/mol. The predicted molar refractivity (Wildman–Crippen MR) is 53.8 cm³/mol. The van der Waals surface area contributed by atoms with Gasteiger partial charge in [0.25, 0.3) is 5.56 Å². The molecule has 3 heteroatoms. The first-order valence-electron chi connectivity index (χ1n) is 3.49. The molecule has 0 unspecified atom stereocenters. The standard InChI is InChI=1S/C8H10INO/c1-6(2)10-5-3-4-7(9)8(10)11/h3-6H,1-2H3. The fourth-order valence-corrected chi connectivity index (χ4v) is 1.38. The van der Waals surface area contributed by atoms with Crippen molar-refractivity contribution in [3.8, 4) is 0 Å². The molecule has 0 aromatic carbocycles. The van der Waals surface area contributed by atoms with Gasteiger partial charge in [0.05, 0.1) is 3.57 Å². The van der Waals surface area contributed by atoms with E-state index in [9.17, 15) is 4.79 Å². The van der Waals surface area contributed by atoms with E-state index in [0.717, 1.165) is 3.57 Å². The zero-order chi connectivity index (χ0) is 8.43. The van der Waals surface area contributed by atoms with E-state index in [0.29, 0.717) is 0 Å². The summed E-state index contributed by atoms with van der Waals surface area (Å²) >= 11 is 2.05. The molecule has 1 aromatic rings. The van der Waals surface area contributed by atoms with Crippen molar-refractivity contribution in [2.24, 2.45) is 0 Å². The van der Waals surface area contributed by atoms with Crippen molar-refractivity contribution in [1.29, 1.82) is 0 Å². The summed E-state index contributed by atoms with van der Waals surface area (Å²) in [6.45, 7) is 4.00. The minimum Gasteiger partial charge on any atom is -0.312 e. The van der Waals surface area contributed by atoms with Crippen LogP contribution in [0.2, 0.25) is 0 Å². The lowest BCUT2D eigenvalue weighted by Crippen LogP contribution is -2.22. The topological polar surface area (TPSA) is 22.0 Å². The van der Waals surface area contributed by atoms with E-state index in [2.05, 4.69) is 0 Å². The number of pyridine rings is 1. The minimum atomic E-state index is 0.100. The molecule has 0 spiro atoms. The third kappa shape index (κ3) is 1.83. The van der Waals surface area contributed by atoms with Crippen molar-refractivity contribution >= 4 is 22.6 Å². The first-order valence-corrected chi connectivity index (χ1v) is 4.57. The van der Waals surface area contributed by atoms with Gasteiger partial charge in [-0.3, -0.25) is 4.79 Å². The van der Waals surface area contributed by atoms with E-state index < -0.39 is 0 Å². The SMILES string of the molecule is CC(C)n1cccc(I)c1=O. The second-order valence-electron chi connectivity index (χ2n) is 2.66. The molecule has 0 amide bonds. The summed E-state index contributed by atoms with van der Waals surface area (Å²) in [5.74, 6) is 0. The molecular weight excluding hydrogens is 253 g/mol. The Bertz CT molecular complexity index is 303. The summed E-state index contributed by atoms with van der Waals surface area (Å²) in [7, 11) is 0. The second kappa shape index (κ2) is 3.38. The van der Waals surface area contributed by atoms with Crippen LogP contribution < -0.4 is 5.56 Å². The maximum atomic E-state index is 11.4. The molecule has 0 aliphatic heterocycles. The Morgan fingerprint density at radius 2 is 2.18 bits per heavy atom. The van der Waals surface area contributed by atoms with Gasteiger partial charge in [-0.2, -0.15) is 0 Å². The number of nitrogens with zero attached hydrogens (tertiary/aromatic N) is 1. The van der Waals surface area contributed by atoms with Crippen LogP contribution in [0.3, 0.4) is 0 Å². The molecule has 0 fully saturated rings. The van der Waals surface area contributed by atoms with Gasteiger partial charge in [0.2, 0.25) is 0 Å². The first-order chi connectivity index (χ1) is 5.13. The zero-order valence-corrected chi connectivity index (χ0v) is 8.70. The van der Waals surface area contributed by atoms with Crippen LogP contribution in [0.5, 0.6) is 0 Å². The Labute approximate surface area is 79.4 Å². The summed E-state index contributed by atoms with van der Waals surface area (Å²) in [5.41, 5.74) is 0.100. The van der Waals surface area contributed by atoms with Crippen LogP contribution in [0.15, 0.2) is 23.1 Å². The van der Waals surface area contributed by atoms with E-state index in [1.54, 1.807) is 4.57 Å². The maximum Gasteiger partial charge on any atom is 0.264 e. The fraction of sp³-hybridized carbons (Fsp3) is 0.375. The molecular formula is C8H10INO. The summed E-state index contributed by atoms with van der Waals surface area (Å²) in [6, 6.07) is 3.96. The van der Waals surface area contributed by atoms with Gasteiger partial charge < -0.3 is 4.57 Å².